The van der Waals surface area contributed by atoms with E-state index in [1.165, 1.54) is 0 Å². The Morgan fingerprint density at radius 3 is 2.10 bits per heavy atom. The monoisotopic (exact) mass is 332 g/mol. The molecule has 5 N–H and O–H groups in total. The number of thiocarbonyl (C=S) groups is 2. The van der Waals surface area contributed by atoms with Crippen LogP contribution in [0.15, 0.2) is 10.2 Å². The first kappa shape index (κ1) is 19.2. The third kappa shape index (κ3) is 10.6. The second-order valence-corrected chi connectivity index (χ2v) is 4.77. The second-order valence-electron chi connectivity index (χ2n) is 3.95. The van der Waals surface area contributed by atoms with Crippen molar-refractivity contribution in [3.8, 4) is 0 Å². The van der Waals surface area contributed by atoms with E-state index in [-0.39, 0.29) is 6.42 Å². The van der Waals surface area contributed by atoms with Crippen molar-refractivity contribution in [3.63, 3.8) is 0 Å². The minimum Gasteiger partial charge on any atom is -0.481 e. The van der Waals surface area contributed by atoms with E-state index in [1.807, 2.05) is 0 Å². The fraction of sp³-hybridized carbons (Fsp3) is 0.545. The van der Waals surface area contributed by atoms with Gasteiger partial charge in [0.15, 0.2) is 10.2 Å². The average molecular weight is 332 g/mol. The fourth-order valence-electron chi connectivity index (χ4n) is 0.968. The Morgan fingerprint density at radius 2 is 1.62 bits per heavy atom. The highest BCUT2D eigenvalue weighted by atomic mass is 32.1. The highest BCUT2D eigenvalue weighted by molar-refractivity contribution is 7.80. The standard InChI is InChI=1S/C11H20N6O2S2/c1-7(14-16-10(20)12-3)8(2)15-17-11(21)13-6-4-5-9(18)19/h4-6H2,1-3H3,(H,18,19)(H2,12,16,20)(H2,13,17,21)/b14-7+,15-8-. The number of hydrogen-bond acceptors (Lipinski definition) is 5. The third-order valence-electron chi connectivity index (χ3n) is 2.25. The van der Waals surface area contributed by atoms with Crippen LogP contribution in [0.2, 0.25) is 0 Å². The summed E-state index contributed by atoms with van der Waals surface area (Å²) >= 11 is 9.89. The molecule has 118 valence electrons. The number of hydrazone groups is 2. The average Bonchev–Trinajstić information content (AvgIpc) is 2.45. The Hall–Kier alpha value is -1.81. The number of rotatable bonds is 7. The lowest BCUT2D eigenvalue weighted by atomic mass is 10.3. The Morgan fingerprint density at radius 1 is 1.10 bits per heavy atom. The first-order chi connectivity index (χ1) is 9.86. The molecule has 0 unspecified atom stereocenters. The Labute approximate surface area is 134 Å². The molecule has 0 aromatic heterocycles. The van der Waals surface area contributed by atoms with Crippen molar-refractivity contribution in [2.24, 2.45) is 10.2 Å². The molecule has 0 spiro atoms. The van der Waals surface area contributed by atoms with Crippen LogP contribution in [0.3, 0.4) is 0 Å². The van der Waals surface area contributed by atoms with Crippen LogP contribution in [0.25, 0.3) is 0 Å². The number of nitrogens with zero attached hydrogens (tertiary/aromatic N) is 2. The summed E-state index contributed by atoms with van der Waals surface area (Å²) in [4.78, 5) is 10.3. The largest absolute Gasteiger partial charge is 0.481 e. The zero-order valence-electron chi connectivity index (χ0n) is 12.2. The van der Waals surface area contributed by atoms with Crippen molar-refractivity contribution in [1.82, 2.24) is 21.5 Å². The topological polar surface area (TPSA) is 110 Å². The molecule has 0 bridgehead atoms. The van der Waals surface area contributed by atoms with Crippen molar-refractivity contribution in [2.75, 3.05) is 13.6 Å². The molecule has 0 heterocycles. The predicted octanol–water partition coefficient (Wildman–Crippen LogP) is 0.161. The highest BCUT2D eigenvalue weighted by Gasteiger charge is 2.00. The maximum atomic E-state index is 10.3. The summed E-state index contributed by atoms with van der Waals surface area (Å²) in [7, 11) is 1.69. The van der Waals surface area contributed by atoms with Crippen LogP contribution in [0.4, 0.5) is 0 Å². The van der Waals surface area contributed by atoms with Crippen molar-refractivity contribution < 1.29 is 9.90 Å². The molecule has 10 heteroatoms. The molecule has 0 aliphatic carbocycles. The molecule has 0 aromatic rings. The summed E-state index contributed by atoms with van der Waals surface area (Å²) in [5.74, 6) is -0.830. The van der Waals surface area contributed by atoms with E-state index < -0.39 is 5.97 Å². The number of carboxylic acids is 1. The SMILES string of the molecule is CNC(=S)N/N=C(C)/C(C)=N\NC(=S)NCCCC(=O)O. The first-order valence-corrected chi connectivity index (χ1v) is 7.00. The molecule has 0 saturated heterocycles. The summed E-state index contributed by atoms with van der Waals surface area (Å²) in [6.45, 7) is 4.01. The molecule has 0 atom stereocenters. The summed E-state index contributed by atoms with van der Waals surface area (Å²) in [6.07, 6.45) is 0.590. The maximum absolute atomic E-state index is 10.3. The molecular formula is C11H20N6O2S2. The lowest BCUT2D eigenvalue weighted by Gasteiger charge is -2.07. The van der Waals surface area contributed by atoms with Crippen LogP contribution < -0.4 is 21.5 Å². The van der Waals surface area contributed by atoms with Gasteiger partial charge in [0.25, 0.3) is 0 Å². The van der Waals surface area contributed by atoms with Crippen molar-refractivity contribution in [2.45, 2.75) is 26.7 Å². The van der Waals surface area contributed by atoms with Gasteiger partial charge in [-0.3, -0.25) is 15.6 Å². The maximum Gasteiger partial charge on any atom is 0.303 e. The molecule has 0 aliphatic heterocycles. The van der Waals surface area contributed by atoms with Gasteiger partial charge in [0.05, 0.1) is 11.4 Å². The molecule has 21 heavy (non-hydrogen) atoms. The molecule has 0 aliphatic rings. The van der Waals surface area contributed by atoms with Crippen LogP contribution >= 0.6 is 24.4 Å². The third-order valence-corrected chi connectivity index (χ3v) is 2.78. The Balaban J connectivity index is 4.11. The van der Waals surface area contributed by atoms with Gasteiger partial charge in [-0.25, -0.2) is 0 Å². The predicted molar refractivity (Wildman–Crippen MR) is 91.6 cm³/mol. The Bertz CT molecular complexity index is 450. The van der Waals surface area contributed by atoms with Crippen LogP contribution in [-0.2, 0) is 4.79 Å². The van der Waals surface area contributed by atoms with Gasteiger partial charge >= 0.3 is 5.97 Å². The lowest BCUT2D eigenvalue weighted by molar-refractivity contribution is -0.137. The van der Waals surface area contributed by atoms with Gasteiger partial charge in [-0.15, -0.1) is 0 Å². The van der Waals surface area contributed by atoms with Gasteiger partial charge in [0.1, 0.15) is 0 Å². The molecule has 0 aromatic carbocycles. The van der Waals surface area contributed by atoms with Crippen molar-refractivity contribution in [1.29, 1.82) is 0 Å². The number of carbonyl (C=O) groups is 1. The van der Waals surface area contributed by atoms with E-state index in [0.717, 1.165) is 0 Å². The minimum atomic E-state index is -0.830. The molecule has 0 fully saturated rings. The number of nitrogens with one attached hydrogen (secondary N) is 4. The summed E-state index contributed by atoms with van der Waals surface area (Å²) < 4.78 is 0. The number of hydrogen-bond donors (Lipinski definition) is 5. The summed E-state index contributed by atoms with van der Waals surface area (Å²) in [5, 5.41) is 22.9. The smallest absolute Gasteiger partial charge is 0.303 e. The van der Waals surface area contributed by atoms with E-state index in [0.29, 0.717) is 34.6 Å². The van der Waals surface area contributed by atoms with Gasteiger partial charge in [0, 0.05) is 20.0 Å². The molecule has 0 rings (SSSR count). The quantitative estimate of drug-likeness (QED) is 0.194. The van der Waals surface area contributed by atoms with Gasteiger partial charge in [-0.2, -0.15) is 10.2 Å². The van der Waals surface area contributed by atoms with Gasteiger partial charge in [0.2, 0.25) is 0 Å². The van der Waals surface area contributed by atoms with Crippen molar-refractivity contribution in [3.05, 3.63) is 0 Å². The zero-order valence-corrected chi connectivity index (χ0v) is 13.8. The van der Waals surface area contributed by atoms with Crippen LogP contribution in [0, 0.1) is 0 Å². The van der Waals surface area contributed by atoms with Crippen LogP contribution in [-0.4, -0.2) is 46.3 Å². The normalized spacial score (nSPS) is 11.6. The van der Waals surface area contributed by atoms with E-state index in [1.54, 1.807) is 20.9 Å². The molecule has 0 radical (unpaired) electrons. The summed E-state index contributed by atoms with van der Waals surface area (Å²) in [6, 6.07) is 0. The Kier molecular flexibility index (Phi) is 9.98. The van der Waals surface area contributed by atoms with E-state index >= 15 is 0 Å². The first-order valence-electron chi connectivity index (χ1n) is 6.19. The minimum absolute atomic E-state index is 0.0979. The molecule has 8 nitrogen and oxygen atoms in total. The van der Waals surface area contributed by atoms with E-state index in [2.05, 4.69) is 31.7 Å². The molecular weight excluding hydrogens is 312 g/mol. The second kappa shape index (κ2) is 10.9. The van der Waals surface area contributed by atoms with Gasteiger partial charge in [-0.1, -0.05) is 0 Å². The van der Waals surface area contributed by atoms with E-state index in [4.69, 9.17) is 29.5 Å². The zero-order chi connectivity index (χ0) is 16.3. The number of aliphatic carboxylic acids is 1. The molecule has 0 saturated carbocycles. The molecule has 0 amide bonds. The van der Waals surface area contributed by atoms with Crippen LogP contribution in [0.1, 0.15) is 26.7 Å². The fourth-order valence-corrected chi connectivity index (χ4v) is 1.16. The lowest BCUT2D eigenvalue weighted by Crippen LogP contribution is -2.34. The van der Waals surface area contributed by atoms with Crippen molar-refractivity contribution >= 4 is 52.1 Å². The van der Waals surface area contributed by atoms with Crippen LogP contribution in [0.5, 0.6) is 0 Å². The van der Waals surface area contributed by atoms with Gasteiger partial charge < -0.3 is 15.7 Å². The summed E-state index contributed by atoms with van der Waals surface area (Å²) in [5.41, 5.74) is 6.59. The van der Waals surface area contributed by atoms with Gasteiger partial charge in [-0.05, 0) is 44.7 Å². The highest BCUT2D eigenvalue weighted by Crippen LogP contribution is 1.86. The van der Waals surface area contributed by atoms with E-state index in [9.17, 15) is 4.79 Å². The number of carboxylic acid groups (broad SMARTS) is 1.